The number of carbonyl (C=O) groups excluding carboxylic acids is 1. The van der Waals surface area contributed by atoms with E-state index in [1.807, 2.05) is 54.6 Å². The molecule has 4 nitrogen and oxygen atoms in total. The summed E-state index contributed by atoms with van der Waals surface area (Å²) in [6.07, 6.45) is 1.74. The summed E-state index contributed by atoms with van der Waals surface area (Å²) in [7, 11) is 0. The Balaban J connectivity index is 1.70. The van der Waals surface area contributed by atoms with Gasteiger partial charge in [-0.1, -0.05) is 39.0 Å². The topological polar surface area (TPSA) is 54.0 Å². The molecule has 5 heteroatoms. The number of amides is 1. The Morgan fingerprint density at radius 1 is 1.00 bits per heavy atom. The highest BCUT2D eigenvalue weighted by Gasteiger charge is 2.15. The molecule has 0 aliphatic rings. The molecule has 0 unspecified atom stereocenters. The molecule has 0 saturated carbocycles. The van der Waals surface area contributed by atoms with Crippen LogP contribution >= 0.6 is 12.2 Å². The Hall–Kier alpha value is -2.79. The zero-order chi connectivity index (χ0) is 18.7. The van der Waals surface area contributed by atoms with Crippen molar-refractivity contribution in [1.29, 1.82) is 0 Å². The van der Waals surface area contributed by atoms with Gasteiger partial charge in [0.05, 0.1) is 5.52 Å². The molecule has 0 bridgehead atoms. The van der Waals surface area contributed by atoms with Crippen LogP contribution in [0, 0.1) is 0 Å². The third-order valence-electron chi connectivity index (χ3n) is 4.13. The summed E-state index contributed by atoms with van der Waals surface area (Å²) in [4.78, 5) is 16.7. The summed E-state index contributed by atoms with van der Waals surface area (Å²) in [6.45, 7) is 6.42. The van der Waals surface area contributed by atoms with Crippen molar-refractivity contribution < 1.29 is 4.79 Å². The van der Waals surface area contributed by atoms with Gasteiger partial charge in [-0.2, -0.15) is 0 Å². The predicted octanol–water partition coefficient (Wildman–Crippen LogP) is 4.66. The van der Waals surface area contributed by atoms with E-state index in [1.54, 1.807) is 6.20 Å². The summed E-state index contributed by atoms with van der Waals surface area (Å²) >= 11 is 5.30. The van der Waals surface area contributed by atoms with E-state index in [-0.39, 0.29) is 16.4 Å². The van der Waals surface area contributed by atoms with E-state index < -0.39 is 0 Å². The number of benzene rings is 2. The number of thiocarbonyl (C=S) groups is 1. The van der Waals surface area contributed by atoms with Gasteiger partial charge in [0.2, 0.25) is 0 Å². The summed E-state index contributed by atoms with van der Waals surface area (Å²) in [6, 6.07) is 17.1. The monoisotopic (exact) mass is 363 g/mol. The number of pyridine rings is 1. The smallest absolute Gasteiger partial charge is 0.257 e. The molecule has 0 spiro atoms. The number of aromatic nitrogens is 1. The van der Waals surface area contributed by atoms with Gasteiger partial charge in [0.1, 0.15) is 0 Å². The van der Waals surface area contributed by atoms with Gasteiger partial charge in [-0.15, -0.1) is 0 Å². The van der Waals surface area contributed by atoms with Crippen LogP contribution in [0.1, 0.15) is 36.7 Å². The van der Waals surface area contributed by atoms with E-state index in [0.29, 0.717) is 5.56 Å². The van der Waals surface area contributed by atoms with Crippen LogP contribution in [0.25, 0.3) is 10.9 Å². The highest BCUT2D eigenvalue weighted by atomic mass is 32.1. The second kappa shape index (κ2) is 7.22. The number of hydrogen-bond donors (Lipinski definition) is 2. The highest BCUT2D eigenvalue weighted by Crippen LogP contribution is 2.23. The molecule has 0 aliphatic carbocycles. The van der Waals surface area contributed by atoms with Crippen LogP contribution in [-0.2, 0) is 5.41 Å². The maximum Gasteiger partial charge on any atom is 0.257 e. The zero-order valence-electron chi connectivity index (χ0n) is 15.0. The van der Waals surface area contributed by atoms with Crippen LogP contribution in [0.3, 0.4) is 0 Å². The molecule has 1 heterocycles. The van der Waals surface area contributed by atoms with Crippen molar-refractivity contribution in [3.05, 3.63) is 71.9 Å². The van der Waals surface area contributed by atoms with Gasteiger partial charge in [0.25, 0.3) is 5.91 Å². The fourth-order valence-electron chi connectivity index (χ4n) is 2.66. The number of hydrogen-bond acceptors (Lipinski definition) is 3. The lowest BCUT2D eigenvalue weighted by Gasteiger charge is -2.19. The third-order valence-corrected chi connectivity index (χ3v) is 4.34. The minimum absolute atomic E-state index is 0.0499. The number of anilines is 1. The Morgan fingerprint density at radius 2 is 1.73 bits per heavy atom. The van der Waals surface area contributed by atoms with Crippen LogP contribution in [0.15, 0.2) is 60.8 Å². The molecule has 132 valence electrons. The number of rotatable bonds is 2. The molecule has 1 aromatic heterocycles. The van der Waals surface area contributed by atoms with Gasteiger partial charge in [0, 0.05) is 22.8 Å². The molecule has 2 aromatic carbocycles. The fourth-order valence-corrected chi connectivity index (χ4v) is 2.87. The average molecular weight is 363 g/mol. The average Bonchev–Trinajstić information content (AvgIpc) is 2.61. The van der Waals surface area contributed by atoms with Gasteiger partial charge in [-0.05, 0) is 59.6 Å². The molecule has 1 amide bonds. The van der Waals surface area contributed by atoms with Crippen LogP contribution in [0.5, 0.6) is 0 Å². The first-order valence-electron chi connectivity index (χ1n) is 8.41. The second-order valence-corrected chi connectivity index (χ2v) is 7.52. The van der Waals surface area contributed by atoms with Gasteiger partial charge < -0.3 is 5.32 Å². The highest BCUT2D eigenvalue weighted by molar-refractivity contribution is 7.80. The van der Waals surface area contributed by atoms with Crippen molar-refractivity contribution in [2.45, 2.75) is 26.2 Å². The maximum absolute atomic E-state index is 12.4. The maximum atomic E-state index is 12.4. The third kappa shape index (κ3) is 4.06. The molecule has 3 rings (SSSR count). The molecule has 0 atom stereocenters. The number of nitrogens with zero attached hydrogens (tertiary/aromatic N) is 1. The quantitative estimate of drug-likeness (QED) is 0.650. The SMILES string of the molecule is CC(C)(C)c1ccc(C(=O)NC(=S)Nc2cccc3ncccc23)cc1. The molecule has 3 aromatic rings. The van der Waals surface area contributed by atoms with E-state index in [9.17, 15) is 4.79 Å². The van der Waals surface area contributed by atoms with E-state index in [2.05, 4.69) is 36.4 Å². The van der Waals surface area contributed by atoms with Gasteiger partial charge in [0.15, 0.2) is 5.11 Å². The fraction of sp³-hybridized carbons (Fsp3) is 0.190. The normalized spacial score (nSPS) is 11.2. The van der Waals surface area contributed by atoms with E-state index in [1.165, 1.54) is 5.56 Å². The van der Waals surface area contributed by atoms with Crippen LogP contribution in [0.4, 0.5) is 5.69 Å². The molecule has 26 heavy (non-hydrogen) atoms. The summed E-state index contributed by atoms with van der Waals surface area (Å²) in [5, 5.41) is 7.01. The lowest BCUT2D eigenvalue weighted by molar-refractivity contribution is 0.0977. The second-order valence-electron chi connectivity index (χ2n) is 7.11. The van der Waals surface area contributed by atoms with Crippen molar-refractivity contribution in [3.8, 4) is 0 Å². The van der Waals surface area contributed by atoms with Crippen molar-refractivity contribution >= 4 is 39.8 Å². The summed E-state index contributed by atoms with van der Waals surface area (Å²) in [5.41, 5.74) is 3.47. The van der Waals surface area contributed by atoms with Gasteiger partial charge in [-0.25, -0.2) is 0 Å². The van der Waals surface area contributed by atoms with Crippen LogP contribution in [0.2, 0.25) is 0 Å². The van der Waals surface area contributed by atoms with Crippen molar-refractivity contribution in [2.75, 3.05) is 5.32 Å². The molecule has 0 aliphatic heterocycles. The van der Waals surface area contributed by atoms with E-state index in [4.69, 9.17) is 12.2 Å². The van der Waals surface area contributed by atoms with Crippen molar-refractivity contribution in [2.24, 2.45) is 0 Å². The molecular formula is C21H21N3OS. The number of carbonyl (C=O) groups is 1. The lowest BCUT2D eigenvalue weighted by Crippen LogP contribution is -2.34. The number of nitrogens with one attached hydrogen (secondary N) is 2. The number of fused-ring (bicyclic) bond motifs is 1. The predicted molar refractivity (Wildman–Crippen MR) is 111 cm³/mol. The first-order chi connectivity index (χ1) is 12.3. The van der Waals surface area contributed by atoms with Crippen LogP contribution in [-0.4, -0.2) is 16.0 Å². The van der Waals surface area contributed by atoms with Gasteiger partial charge in [-0.3, -0.25) is 15.1 Å². The Morgan fingerprint density at radius 3 is 2.42 bits per heavy atom. The minimum atomic E-state index is -0.235. The van der Waals surface area contributed by atoms with Gasteiger partial charge >= 0.3 is 0 Å². The Kier molecular flexibility index (Phi) is 5.00. The molecule has 0 saturated heterocycles. The van der Waals surface area contributed by atoms with Crippen molar-refractivity contribution in [1.82, 2.24) is 10.3 Å². The van der Waals surface area contributed by atoms with Crippen LogP contribution < -0.4 is 10.6 Å². The standard InChI is InChI=1S/C21H21N3OS/c1-21(2,3)15-11-9-14(10-12-15)19(25)24-20(26)23-18-8-4-7-17-16(18)6-5-13-22-17/h4-13H,1-3H3,(H2,23,24,25,26). The first kappa shape index (κ1) is 18.0. The minimum Gasteiger partial charge on any atom is -0.332 e. The largest absolute Gasteiger partial charge is 0.332 e. The van der Waals surface area contributed by atoms with E-state index in [0.717, 1.165) is 16.6 Å². The molecule has 0 fully saturated rings. The Bertz CT molecular complexity index is 954. The molecule has 0 radical (unpaired) electrons. The summed E-state index contributed by atoms with van der Waals surface area (Å²) < 4.78 is 0. The Labute approximate surface area is 158 Å². The molecule has 2 N–H and O–H groups in total. The first-order valence-corrected chi connectivity index (χ1v) is 8.82. The van der Waals surface area contributed by atoms with Crippen molar-refractivity contribution in [3.63, 3.8) is 0 Å². The lowest BCUT2D eigenvalue weighted by atomic mass is 9.87. The van der Waals surface area contributed by atoms with E-state index >= 15 is 0 Å². The zero-order valence-corrected chi connectivity index (χ0v) is 15.9. The summed E-state index contributed by atoms with van der Waals surface area (Å²) in [5.74, 6) is -0.235. The molecular weight excluding hydrogens is 342 g/mol.